The van der Waals surface area contributed by atoms with Gasteiger partial charge in [0.2, 0.25) is 0 Å². The number of halogens is 4. The van der Waals surface area contributed by atoms with E-state index in [1.54, 1.807) is 0 Å². The van der Waals surface area contributed by atoms with Crippen LogP contribution in [0.3, 0.4) is 0 Å². The van der Waals surface area contributed by atoms with Gasteiger partial charge < -0.3 is 0 Å². The van der Waals surface area contributed by atoms with E-state index >= 15 is 0 Å². The minimum Gasteiger partial charge on any atom is -0.293 e. The lowest BCUT2D eigenvalue weighted by Crippen LogP contribution is -2.21. The first-order valence-electron chi connectivity index (χ1n) is 6.29. The molecule has 2 aromatic rings. The van der Waals surface area contributed by atoms with Gasteiger partial charge in [-0.2, -0.15) is 0 Å². The summed E-state index contributed by atoms with van der Waals surface area (Å²) in [5, 5.41) is 1.23. The highest BCUT2D eigenvalue weighted by atomic mass is 35.5. The molecule has 0 N–H and O–H groups in total. The molecule has 0 saturated heterocycles. The van der Waals surface area contributed by atoms with E-state index in [-0.39, 0.29) is 21.6 Å². The van der Waals surface area contributed by atoms with Gasteiger partial charge in [0.05, 0.1) is 26.0 Å². The van der Waals surface area contributed by atoms with Gasteiger partial charge >= 0.3 is 0 Å². The molecule has 2 nitrogen and oxygen atoms in total. The molecular weight excluding hydrogens is 366 g/mol. The SMILES string of the molecule is CC(C(=O)c1ccc(Cl)c(Cl)c1)C(=O)c1ccc(Cl)c(Cl)c1. The molecule has 0 fully saturated rings. The number of benzene rings is 2. The van der Waals surface area contributed by atoms with Crippen molar-refractivity contribution in [2.75, 3.05) is 0 Å². The third kappa shape index (κ3) is 3.64. The second-order valence-electron chi connectivity index (χ2n) is 4.71. The number of Topliss-reactive ketones (excluding diaryl/α,β-unsaturated/α-hetero) is 2. The summed E-state index contributed by atoms with van der Waals surface area (Å²) < 4.78 is 0. The molecule has 0 spiro atoms. The largest absolute Gasteiger partial charge is 0.293 e. The normalized spacial score (nSPS) is 10.8. The van der Waals surface area contributed by atoms with Crippen LogP contribution in [0.1, 0.15) is 27.6 Å². The molecule has 114 valence electrons. The maximum atomic E-state index is 12.4. The molecule has 2 aromatic carbocycles. The van der Waals surface area contributed by atoms with E-state index in [0.29, 0.717) is 21.2 Å². The first-order chi connectivity index (χ1) is 10.3. The summed E-state index contributed by atoms with van der Waals surface area (Å²) in [4.78, 5) is 24.8. The summed E-state index contributed by atoms with van der Waals surface area (Å²) in [7, 11) is 0. The van der Waals surface area contributed by atoms with E-state index in [0.717, 1.165) is 0 Å². The van der Waals surface area contributed by atoms with Crippen LogP contribution in [-0.2, 0) is 0 Å². The molecule has 6 heteroatoms. The lowest BCUT2D eigenvalue weighted by molar-refractivity contribution is 0.0821. The van der Waals surface area contributed by atoms with Crippen LogP contribution in [0, 0.1) is 5.92 Å². The predicted octanol–water partition coefficient (Wildman–Crippen LogP) is 6.00. The lowest BCUT2D eigenvalue weighted by Gasteiger charge is -2.11. The quantitative estimate of drug-likeness (QED) is 0.484. The standard InChI is InChI=1S/C16H10Cl4O2/c1-8(15(21)9-2-4-11(17)13(19)6-9)16(22)10-3-5-12(18)14(20)7-10/h2-8H,1H3. The average Bonchev–Trinajstić information content (AvgIpc) is 2.50. The van der Waals surface area contributed by atoms with E-state index < -0.39 is 5.92 Å². The smallest absolute Gasteiger partial charge is 0.173 e. The van der Waals surface area contributed by atoms with Crippen molar-refractivity contribution in [2.45, 2.75) is 6.92 Å². The first kappa shape index (κ1) is 17.3. The van der Waals surface area contributed by atoms with Gasteiger partial charge in [0.1, 0.15) is 0 Å². The topological polar surface area (TPSA) is 34.1 Å². The zero-order valence-electron chi connectivity index (χ0n) is 11.4. The van der Waals surface area contributed by atoms with Gasteiger partial charge in [0, 0.05) is 11.1 Å². The van der Waals surface area contributed by atoms with Crippen LogP contribution < -0.4 is 0 Å². The monoisotopic (exact) mass is 374 g/mol. The van der Waals surface area contributed by atoms with Crippen molar-refractivity contribution in [3.8, 4) is 0 Å². The van der Waals surface area contributed by atoms with E-state index in [1.165, 1.54) is 43.3 Å². The highest BCUT2D eigenvalue weighted by Crippen LogP contribution is 2.26. The second kappa shape index (κ2) is 7.01. The zero-order valence-corrected chi connectivity index (χ0v) is 14.4. The van der Waals surface area contributed by atoms with Gasteiger partial charge in [-0.3, -0.25) is 9.59 Å². The summed E-state index contributed by atoms with van der Waals surface area (Å²) in [6.07, 6.45) is 0. The van der Waals surface area contributed by atoms with Gasteiger partial charge in [-0.15, -0.1) is 0 Å². The van der Waals surface area contributed by atoms with Crippen molar-refractivity contribution in [1.82, 2.24) is 0 Å². The Morgan fingerprint density at radius 2 is 1.09 bits per heavy atom. The van der Waals surface area contributed by atoms with Crippen LogP contribution in [-0.4, -0.2) is 11.6 Å². The van der Waals surface area contributed by atoms with Crippen molar-refractivity contribution in [3.05, 3.63) is 67.6 Å². The van der Waals surface area contributed by atoms with E-state index in [2.05, 4.69) is 0 Å². The maximum absolute atomic E-state index is 12.4. The van der Waals surface area contributed by atoms with E-state index in [9.17, 15) is 9.59 Å². The summed E-state index contributed by atoms with van der Waals surface area (Å²) in [6, 6.07) is 9.01. The molecule has 0 aliphatic heterocycles. The number of hydrogen-bond acceptors (Lipinski definition) is 2. The Kier molecular flexibility index (Phi) is 5.51. The number of rotatable bonds is 4. The third-order valence-electron chi connectivity index (χ3n) is 3.19. The molecule has 0 amide bonds. The van der Waals surface area contributed by atoms with Crippen LogP contribution in [0.2, 0.25) is 20.1 Å². The van der Waals surface area contributed by atoms with Crippen molar-refractivity contribution in [3.63, 3.8) is 0 Å². The Labute approximate surface area is 147 Å². The molecule has 0 heterocycles. The van der Waals surface area contributed by atoms with Crippen LogP contribution >= 0.6 is 46.4 Å². The number of ketones is 2. The van der Waals surface area contributed by atoms with Crippen molar-refractivity contribution in [2.24, 2.45) is 5.92 Å². The fraction of sp³-hybridized carbons (Fsp3) is 0.125. The van der Waals surface area contributed by atoms with Crippen LogP contribution in [0.4, 0.5) is 0 Å². The van der Waals surface area contributed by atoms with E-state index in [1.807, 2.05) is 0 Å². The molecule has 0 aromatic heterocycles. The Morgan fingerprint density at radius 3 is 1.41 bits per heavy atom. The fourth-order valence-corrected chi connectivity index (χ4v) is 2.51. The Bertz CT molecular complexity index is 692. The molecule has 2 rings (SSSR count). The lowest BCUT2D eigenvalue weighted by atomic mass is 9.91. The number of carbonyl (C=O) groups excluding carboxylic acids is 2. The Morgan fingerprint density at radius 1 is 0.727 bits per heavy atom. The molecule has 0 bridgehead atoms. The summed E-state index contributed by atoms with van der Waals surface area (Å²) in [5.41, 5.74) is 0.658. The van der Waals surface area contributed by atoms with Crippen molar-refractivity contribution in [1.29, 1.82) is 0 Å². The van der Waals surface area contributed by atoms with Gasteiger partial charge in [0.25, 0.3) is 0 Å². The first-order valence-corrected chi connectivity index (χ1v) is 7.81. The van der Waals surface area contributed by atoms with Gasteiger partial charge in [-0.05, 0) is 43.3 Å². The summed E-state index contributed by atoms with van der Waals surface area (Å²) >= 11 is 23.4. The molecular formula is C16H10Cl4O2. The zero-order chi connectivity index (χ0) is 16.4. The van der Waals surface area contributed by atoms with Crippen molar-refractivity contribution >= 4 is 58.0 Å². The Balaban J connectivity index is 2.27. The minimum absolute atomic E-state index is 0.265. The third-order valence-corrected chi connectivity index (χ3v) is 4.67. The molecule has 22 heavy (non-hydrogen) atoms. The minimum atomic E-state index is -0.866. The fourth-order valence-electron chi connectivity index (χ4n) is 1.92. The highest BCUT2D eigenvalue weighted by Gasteiger charge is 2.24. The molecule has 0 radical (unpaired) electrons. The summed E-state index contributed by atoms with van der Waals surface area (Å²) in [6.45, 7) is 1.54. The van der Waals surface area contributed by atoms with Crippen LogP contribution in [0.5, 0.6) is 0 Å². The molecule has 0 saturated carbocycles. The second-order valence-corrected chi connectivity index (χ2v) is 6.34. The van der Waals surface area contributed by atoms with Crippen molar-refractivity contribution < 1.29 is 9.59 Å². The van der Waals surface area contributed by atoms with E-state index in [4.69, 9.17) is 46.4 Å². The van der Waals surface area contributed by atoms with Crippen LogP contribution in [0.15, 0.2) is 36.4 Å². The van der Waals surface area contributed by atoms with Gasteiger partial charge in [-0.1, -0.05) is 46.4 Å². The molecule has 0 atom stereocenters. The predicted molar refractivity (Wildman–Crippen MR) is 90.7 cm³/mol. The maximum Gasteiger partial charge on any atom is 0.173 e. The molecule has 0 aliphatic rings. The Hall–Kier alpha value is -1.06. The number of hydrogen-bond donors (Lipinski definition) is 0. The van der Waals surface area contributed by atoms with Crippen LogP contribution in [0.25, 0.3) is 0 Å². The molecule has 0 unspecified atom stereocenters. The molecule has 0 aliphatic carbocycles. The van der Waals surface area contributed by atoms with Gasteiger partial charge in [-0.25, -0.2) is 0 Å². The number of carbonyl (C=O) groups is 2. The van der Waals surface area contributed by atoms with Gasteiger partial charge in [0.15, 0.2) is 11.6 Å². The highest BCUT2D eigenvalue weighted by molar-refractivity contribution is 6.43. The average molecular weight is 376 g/mol. The summed E-state index contributed by atoms with van der Waals surface area (Å²) in [5.74, 6) is -1.54.